The molecule has 9 rings (SSSR count). The number of methoxy groups -OCH3 is 1. The van der Waals surface area contributed by atoms with E-state index >= 15 is 4.39 Å². The summed E-state index contributed by atoms with van der Waals surface area (Å²) in [5.41, 5.74) is 8.66. The molecule has 10 nitrogen and oxygen atoms in total. The van der Waals surface area contributed by atoms with Crippen LogP contribution in [0.15, 0.2) is 36.5 Å². The van der Waals surface area contributed by atoms with Crippen LogP contribution in [0, 0.1) is 11.2 Å². The Morgan fingerprint density at radius 1 is 1.11 bits per heavy atom. The van der Waals surface area contributed by atoms with E-state index in [-0.39, 0.29) is 22.6 Å². The van der Waals surface area contributed by atoms with Gasteiger partial charge < -0.3 is 35.3 Å². The molecular formula is C35H39FN6O4. The number of aromatic nitrogens is 3. The minimum atomic E-state index is -0.292. The largest absolute Gasteiger partial charge is 0.508 e. The summed E-state index contributed by atoms with van der Waals surface area (Å²) in [4.78, 5) is 17.3. The van der Waals surface area contributed by atoms with E-state index in [1.165, 1.54) is 12.3 Å². The van der Waals surface area contributed by atoms with E-state index < -0.39 is 0 Å². The molecule has 240 valence electrons. The molecule has 4 N–H and O–H groups in total. The maximum atomic E-state index is 15.1. The fraction of sp³-hybridized carbons (Fsp3) is 0.457. The first kappa shape index (κ1) is 29.3. The van der Waals surface area contributed by atoms with Gasteiger partial charge in [0.2, 0.25) is 0 Å². The van der Waals surface area contributed by atoms with Crippen LogP contribution in [-0.2, 0) is 15.9 Å². The molecule has 5 aliphatic rings. The second-order valence-corrected chi connectivity index (χ2v) is 13.5. The van der Waals surface area contributed by atoms with Gasteiger partial charge in [-0.15, -0.1) is 0 Å². The number of rotatable bonds is 9. The zero-order valence-corrected chi connectivity index (χ0v) is 26.2. The average Bonchev–Trinajstić information content (AvgIpc) is 3.69. The number of nitrogens with one attached hydrogen (secondary N) is 1. The number of piperazine rings is 1. The number of nitrogens with two attached hydrogens (primary N) is 1. The number of benzene rings is 2. The highest BCUT2D eigenvalue weighted by Crippen LogP contribution is 2.58. The maximum Gasteiger partial charge on any atom is 0.318 e. The summed E-state index contributed by atoms with van der Waals surface area (Å²) in [6, 6.07) is 9.37. The van der Waals surface area contributed by atoms with Crippen molar-refractivity contribution in [2.24, 2.45) is 11.1 Å². The summed E-state index contributed by atoms with van der Waals surface area (Å²) in [5, 5.41) is 16.6. The molecule has 2 aromatic heterocycles. The molecule has 2 unspecified atom stereocenters. The predicted octanol–water partition coefficient (Wildman–Crippen LogP) is 4.70. The van der Waals surface area contributed by atoms with Gasteiger partial charge in [-0.3, -0.25) is 0 Å². The Hall–Kier alpha value is -4.06. The minimum absolute atomic E-state index is 0.0701. The Morgan fingerprint density at radius 2 is 1.91 bits per heavy atom. The van der Waals surface area contributed by atoms with Crippen LogP contribution in [0.25, 0.3) is 39.0 Å². The van der Waals surface area contributed by atoms with Gasteiger partial charge in [-0.1, -0.05) is 13.0 Å². The summed E-state index contributed by atoms with van der Waals surface area (Å²) in [6.07, 6.45) is 7.71. The lowest BCUT2D eigenvalue weighted by atomic mass is 9.63. The summed E-state index contributed by atoms with van der Waals surface area (Å²) in [7, 11) is 1.70. The molecule has 5 fully saturated rings. The second kappa shape index (κ2) is 11.0. The van der Waals surface area contributed by atoms with Gasteiger partial charge in [0.15, 0.2) is 0 Å². The third kappa shape index (κ3) is 4.83. The number of halogens is 1. The third-order valence-electron chi connectivity index (χ3n) is 10.2. The first-order valence-corrected chi connectivity index (χ1v) is 16.1. The zero-order chi connectivity index (χ0) is 31.6. The highest BCUT2D eigenvalue weighted by Gasteiger charge is 2.63. The van der Waals surface area contributed by atoms with Gasteiger partial charge in [0.05, 0.1) is 47.7 Å². The van der Waals surface area contributed by atoms with Gasteiger partial charge in [0.25, 0.3) is 0 Å². The van der Waals surface area contributed by atoms with Crippen molar-refractivity contribution in [1.29, 1.82) is 0 Å². The first-order valence-electron chi connectivity index (χ1n) is 16.1. The number of fused-ring (bicyclic) bond motifs is 5. The van der Waals surface area contributed by atoms with Crippen LogP contribution in [-0.4, -0.2) is 77.8 Å². The van der Waals surface area contributed by atoms with E-state index in [0.717, 1.165) is 55.4 Å². The number of hydrogen-bond donors (Lipinski definition) is 3. The highest BCUT2D eigenvalue weighted by atomic mass is 19.1. The molecule has 0 spiro atoms. The van der Waals surface area contributed by atoms with E-state index in [4.69, 9.17) is 34.9 Å². The van der Waals surface area contributed by atoms with Crippen LogP contribution < -0.4 is 20.7 Å². The van der Waals surface area contributed by atoms with Crippen LogP contribution in [0.3, 0.4) is 0 Å². The van der Waals surface area contributed by atoms with E-state index in [1.54, 1.807) is 31.4 Å². The fourth-order valence-electron chi connectivity index (χ4n) is 8.40. The van der Waals surface area contributed by atoms with Gasteiger partial charge >= 0.3 is 6.01 Å². The van der Waals surface area contributed by atoms with Crippen molar-refractivity contribution in [2.45, 2.75) is 56.7 Å². The van der Waals surface area contributed by atoms with E-state index in [9.17, 15) is 5.11 Å². The number of phenolic OH excluding ortho intramolecular Hbond substituents is 1. The number of ether oxygens (including phenoxy) is 3. The van der Waals surface area contributed by atoms with Crippen LogP contribution in [0.4, 0.5) is 10.2 Å². The Labute approximate surface area is 266 Å². The van der Waals surface area contributed by atoms with Crippen molar-refractivity contribution in [1.82, 2.24) is 20.3 Å². The molecule has 4 bridgehead atoms. The average molecular weight is 627 g/mol. The molecule has 11 heteroatoms. The number of aryl methyl sites for hydroxylation is 1. The molecule has 4 aliphatic heterocycles. The number of anilines is 1. The number of hydrogen-bond acceptors (Lipinski definition) is 10. The van der Waals surface area contributed by atoms with E-state index in [0.29, 0.717) is 77.8 Å². The van der Waals surface area contributed by atoms with E-state index in [1.807, 2.05) is 13.0 Å². The molecule has 0 amide bonds. The van der Waals surface area contributed by atoms with Crippen molar-refractivity contribution >= 4 is 33.6 Å². The zero-order valence-electron chi connectivity index (χ0n) is 26.2. The lowest BCUT2D eigenvalue weighted by Gasteiger charge is -2.43. The molecule has 2 aromatic carbocycles. The van der Waals surface area contributed by atoms with E-state index in [2.05, 4.69) is 10.2 Å². The number of nitrogens with zero attached hydrogens (tertiary/aromatic N) is 4. The van der Waals surface area contributed by atoms with Crippen molar-refractivity contribution in [3.05, 3.63) is 53.6 Å². The number of phenols is 1. The number of pyridine rings is 1. The van der Waals surface area contributed by atoms with Gasteiger partial charge in [-0.2, -0.15) is 9.97 Å². The van der Waals surface area contributed by atoms with Crippen molar-refractivity contribution < 1.29 is 23.7 Å². The molecule has 46 heavy (non-hydrogen) atoms. The van der Waals surface area contributed by atoms with Crippen LogP contribution in [0.1, 0.15) is 43.9 Å². The van der Waals surface area contributed by atoms with Gasteiger partial charge in [-0.05, 0) is 85.0 Å². The van der Waals surface area contributed by atoms with Crippen LogP contribution in [0.5, 0.6) is 11.8 Å². The maximum absolute atomic E-state index is 15.1. The third-order valence-corrected chi connectivity index (χ3v) is 10.2. The molecule has 1 aliphatic carbocycles. The molecule has 4 aromatic rings. The normalized spacial score (nSPS) is 26.8. The Kier molecular flexibility index (Phi) is 7.04. The topological polar surface area (TPSA) is 128 Å². The Morgan fingerprint density at radius 3 is 2.65 bits per heavy atom. The lowest BCUT2D eigenvalue weighted by molar-refractivity contribution is -0.0765. The molecule has 2 atom stereocenters. The Bertz CT molecular complexity index is 1860. The van der Waals surface area contributed by atoms with Gasteiger partial charge in [0.1, 0.15) is 17.4 Å². The second-order valence-electron chi connectivity index (χ2n) is 13.5. The Balaban J connectivity index is 1.27. The summed E-state index contributed by atoms with van der Waals surface area (Å²) < 4.78 is 33.0. The smallest absolute Gasteiger partial charge is 0.318 e. The minimum Gasteiger partial charge on any atom is -0.508 e. The molecule has 1 saturated carbocycles. The summed E-state index contributed by atoms with van der Waals surface area (Å²) in [5.74, 6) is 0.536. The molecular weight excluding hydrogens is 587 g/mol. The van der Waals surface area contributed by atoms with Gasteiger partial charge in [-0.25, -0.2) is 9.37 Å². The fourth-order valence-corrected chi connectivity index (χ4v) is 8.40. The lowest BCUT2D eigenvalue weighted by Crippen LogP contribution is -2.51. The molecule has 0 radical (unpaired) electrons. The van der Waals surface area contributed by atoms with Crippen LogP contribution in [0.2, 0.25) is 0 Å². The molecule has 4 saturated heterocycles. The summed E-state index contributed by atoms with van der Waals surface area (Å²) in [6.45, 7) is 5.19. The van der Waals surface area contributed by atoms with Crippen molar-refractivity contribution in [3.63, 3.8) is 0 Å². The van der Waals surface area contributed by atoms with Crippen molar-refractivity contribution in [2.75, 3.05) is 44.9 Å². The quantitative estimate of drug-likeness (QED) is 0.241. The van der Waals surface area contributed by atoms with Crippen LogP contribution >= 0.6 is 0 Å². The monoisotopic (exact) mass is 626 g/mol. The van der Waals surface area contributed by atoms with Gasteiger partial charge in [0, 0.05) is 43.3 Å². The first-order chi connectivity index (χ1) is 22.3. The standard InChI is InChI=1S/C35H39FN6O4/c1-3-24-26(36)7-4-20-10-23(43)11-25(30(20)24)28-12-29-31(27(39-28)8-9-37)32(42-13-21-5-6-22(14-42)38-21)41-33(40-29)45-17-34-15-35(16-34,19-44-2)46-18-34/h4,7-12,21-22,38,43H,3,5-6,13-19,37H2,1-2H3/b9-8-. The summed E-state index contributed by atoms with van der Waals surface area (Å²) >= 11 is 0. The predicted molar refractivity (Wildman–Crippen MR) is 174 cm³/mol. The molecule has 6 heterocycles. The highest BCUT2D eigenvalue weighted by molar-refractivity contribution is 6.03. The SMILES string of the molecule is CCc1c(F)ccc2cc(O)cc(-c3cc4nc(OCC56COC(COC)(C5)C6)nc(N5CC6CCC(C5)N6)c4c(/C=C\N)n3)c12. The number of aromatic hydroxyl groups is 1. The van der Waals surface area contributed by atoms with Crippen molar-refractivity contribution in [3.8, 4) is 23.0 Å².